The highest BCUT2D eigenvalue weighted by Gasteiger charge is 2.20. The number of hydrogen-bond donors (Lipinski definition) is 2. The van der Waals surface area contributed by atoms with Crippen molar-refractivity contribution < 1.29 is 14.0 Å². The summed E-state index contributed by atoms with van der Waals surface area (Å²) in [6.45, 7) is 2.97. The van der Waals surface area contributed by atoms with Gasteiger partial charge in [-0.2, -0.15) is 0 Å². The molecule has 0 saturated carbocycles. The maximum Gasteiger partial charge on any atom is 0.251 e. The predicted octanol–water partition coefficient (Wildman–Crippen LogP) is 1.35. The second-order valence-electron chi connectivity index (χ2n) is 4.98. The summed E-state index contributed by atoms with van der Waals surface area (Å²) in [5.41, 5.74) is 5.67. The van der Waals surface area contributed by atoms with E-state index < -0.39 is 11.7 Å². The van der Waals surface area contributed by atoms with E-state index in [9.17, 15) is 14.0 Å². The SMILES string of the molecule is CC(=O)N1CCC(Nc2ccc(F)c(C(N)=O)c2)CC1. The summed E-state index contributed by atoms with van der Waals surface area (Å²) < 4.78 is 13.4. The molecule has 6 heteroatoms. The van der Waals surface area contributed by atoms with Crippen LogP contribution in [0.1, 0.15) is 30.1 Å². The molecule has 1 saturated heterocycles. The molecule has 0 aromatic heterocycles. The van der Waals surface area contributed by atoms with Crippen LogP contribution < -0.4 is 11.1 Å². The van der Waals surface area contributed by atoms with Crippen LogP contribution >= 0.6 is 0 Å². The van der Waals surface area contributed by atoms with Gasteiger partial charge in [0.25, 0.3) is 5.91 Å². The van der Waals surface area contributed by atoms with Crippen LogP contribution in [0, 0.1) is 5.82 Å². The van der Waals surface area contributed by atoms with Gasteiger partial charge >= 0.3 is 0 Å². The van der Waals surface area contributed by atoms with Crippen molar-refractivity contribution in [3.63, 3.8) is 0 Å². The number of rotatable bonds is 3. The molecule has 0 spiro atoms. The molecule has 1 heterocycles. The molecule has 0 radical (unpaired) electrons. The number of likely N-dealkylation sites (tertiary alicyclic amines) is 1. The minimum atomic E-state index is -0.780. The fourth-order valence-electron chi connectivity index (χ4n) is 2.38. The molecule has 0 bridgehead atoms. The molecule has 5 nitrogen and oxygen atoms in total. The van der Waals surface area contributed by atoms with Crippen LogP contribution in [0.2, 0.25) is 0 Å². The molecule has 20 heavy (non-hydrogen) atoms. The summed E-state index contributed by atoms with van der Waals surface area (Å²) in [4.78, 5) is 24.1. The summed E-state index contributed by atoms with van der Waals surface area (Å²) in [6, 6.07) is 4.44. The van der Waals surface area contributed by atoms with E-state index in [1.54, 1.807) is 17.9 Å². The van der Waals surface area contributed by atoms with Gasteiger partial charge in [-0.3, -0.25) is 9.59 Å². The zero-order chi connectivity index (χ0) is 14.7. The largest absolute Gasteiger partial charge is 0.382 e. The monoisotopic (exact) mass is 279 g/mol. The lowest BCUT2D eigenvalue weighted by molar-refractivity contribution is -0.129. The first-order valence-corrected chi connectivity index (χ1v) is 6.59. The second kappa shape index (κ2) is 5.90. The normalized spacial score (nSPS) is 16.0. The minimum Gasteiger partial charge on any atom is -0.382 e. The first-order chi connectivity index (χ1) is 9.47. The standard InChI is InChI=1S/C14H18FN3O2/c1-9(19)18-6-4-10(5-7-18)17-11-2-3-13(15)12(8-11)14(16)20/h2-3,8,10,17H,4-7H2,1H3,(H2,16,20). The van der Waals surface area contributed by atoms with E-state index in [-0.39, 0.29) is 17.5 Å². The number of hydrogen-bond acceptors (Lipinski definition) is 3. The third kappa shape index (κ3) is 3.26. The minimum absolute atomic E-state index is 0.0845. The van der Waals surface area contributed by atoms with Crippen LogP contribution in [0.25, 0.3) is 0 Å². The van der Waals surface area contributed by atoms with Gasteiger partial charge in [0.1, 0.15) is 5.82 Å². The fourth-order valence-corrected chi connectivity index (χ4v) is 2.38. The van der Waals surface area contributed by atoms with E-state index in [0.29, 0.717) is 18.8 Å². The van der Waals surface area contributed by atoms with Crippen molar-refractivity contribution in [3.05, 3.63) is 29.6 Å². The topological polar surface area (TPSA) is 75.4 Å². The quantitative estimate of drug-likeness (QED) is 0.877. The molecule has 0 unspecified atom stereocenters. The van der Waals surface area contributed by atoms with Crippen LogP contribution in [0.5, 0.6) is 0 Å². The zero-order valence-corrected chi connectivity index (χ0v) is 11.4. The number of nitrogens with two attached hydrogens (primary N) is 1. The van der Waals surface area contributed by atoms with Gasteiger partial charge in [0.15, 0.2) is 0 Å². The first kappa shape index (κ1) is 14.3. The molecule has 3 N–H and O–H groups in total. The van der Waals surface area contributed by atoms with Gasteiger partial charge in [0, 0.05) is 31.7 Å². The number of carbonyl (C=O) groups is 2. The number of primary amides is 1. The number of benzene rings is 1. The number of nitrogens with one attached hydrogen (secondary N) is 1. The highest BCUT2D eigenvalue weighted by atomic mass is 19.1. The smallest absolute Gasteiger partial charge is 0.251 e. The van der Waals surface area contributed by atoms with Crippen molar-refractivity contribution in [1.82, 2.24) is 4.90 Å². The fraction of sp³-hybridized carbons (Fsp3) is 0.429. The van der Waals surface area contributed by atoms with Crippen molar-refractivity contribution in [2.45, 2.75) is 25.8 Å². The maximum atomic E-state index is 13.4. The van der Waals surface area contributed by atoms with Gasteiger partial charge in [-0.1, -0.05) is 0 Å². The molecule has 1 aliphatic rings. The maximum absolute atomic E-state index is 13.4. The highest BCUT2D eigenvalue weighted by Crippen LogP contribution is 2.19. The van der Waals surface area contributed by atoms with E-state index >= 15 is 0 Å². The first-order valence-electron chi connectivity index (χ1n) is 6.59. The molecule has 0 aliphatic carbocycles. The Labute approximate surface area is 116 Å². The number of amides is 2. The van der Waals surface area contributed by atoms with Gasteiger partial charge in [-0.15, -0.1) is 0 Å². The Morgan fingerprint density at radius 1 is 1.35 bits per heavy atom. The van der Waals surface area contributed by atoms with Gasteiger partial charge < -0.3 is 16.0 Å². The van der Waals surface area contributed by atoms with Crippen molar-refractivity contribution in [3.8, 4) is 0 Å². The number of nitrogens with zero attached hydrogens (tertiary/aromatic N) is 1. The molecule has 0 atom stereocenters. The van der Waals surface area contributed by atoms with E-state index in [2.05, 4.69) is 5.32 Å². The van der Waals surface area contributed by atoms with Gasteiger partial charge in [-0.05, 0) is 31.0 Å². The summed E-state index contributed by atoms with van der Waals surface area (Å²) in [7, 11) is 0. The van der Waals surface area contributed by atoms with Crippen LogP contribution in [-0.2, 0) is 4.79 Å². The van der Waals surface area contributed by atoms with Gasteiger partial charge in [0.2, 0.25) is 5.91 Å². The number of carbonyl (C=O) groups excluding carboxylic acids is 2. The lowest BCUT2D eigenvalue weighted by Crippen LogP contribution is -2.41. The second-order valence-corrected chi connectivity index (χ2v) is 4.98. The molecule has 1 aromatic rings. The van der Waals surface area contributed by atoms with Crippen LogP contribution in [-0.4, -0.2) is 35.8 Å². The predicted molar refractivity (Wildman–Crippen MR) is 73.8 cm³/mol. The number of halogens is 1. The highest BCUT2D eigenvalue weighted by molar-refractivity contribution is 5.94. The van der Waals surface area contributed by atoms with Crippen molar-refractivity contribution in [2.24, 2.45) is 5.73 Å². The number of piperidine rings is 1. The molecule has 1 aromatic carbocycles. The van der Waals surface area contributed by atoms with Crippen LogP contribution in [0.4, 0.5) is 10.1 Å². The molecule has 1 aliphatic heterocycles. The molecule has 108 valence electrons. The Hall–Kier alpha value is -2.11. The Bertz CT molecular complexity index is 525. The van der Waals surface area contributed by atoms with Crippen LogP contribution in [0.15, 0.2) is 18.2 Å². The number of anilines is 1. The van der Waals surface area contributed by atoms with Gasteiger partial charge in [-0.25, -0.2) is 4.39 Å². The van der Waals surface area contributed by atoms with Crippen molar-refractivity contribution >= 4 is 17.5 Å². The van der Waals surface area contributed by atoms with Crippen molar-refractivity contribution in [2.75, 3.05) is 18.4 Å². The Kier molecular flexibility index (Phi) is 4.22. The third-order valence-corrected chi connectivity index (χ3v) is 3.54. The molecular formula is C14H18FN3O2. The Morgan fingerprint density at radius 3 is 2.55 bits per heavy atom. The van der Waals surface area contributed by atoms with E-state index in [0.717, 1.165) is 12.8 Å². The van der Waals surface area contributed by atoms with E-state index in [1.807, 2.05) is 0 Å². The average Bonchev–Trinajstić information content (AvgIpc) is 2.41. The molecule has 2 amide bonds. The molecular weight excluding hydrogens is 261 g/mol. The Morgan fingerprint density at radius 2 is 2.00 bits per heavy atom. The third-order valence-electron chi connectivity index (χ3n) is 3.54. The molecule has 2 rings (SSSR count). The van der Waals surface area contributed by atoms with Crippen LogP contribution in [0.3, 0.4) is 0 Å². The van der Waals surface area contributed by atoms with Crippen molar-refractivity contribution in [1.29, 1.82) is 0 Å². The lowest BCUT2D eigenvalue weighted by atomic mass is 10.0. The summed E-state index contributed by atoms with van der Waals surface area (Å²) in [5, 5.41) is 3.25. The Balaban J connectivity index is 1.99. The summed E-state index contributed by atoms with van der Waals surface area (Å²) in [6.07, 6.45) is 1.64. The average molecular weight is 279 g/mol. The van der Waals surface area contributed by atoms with Gasteiger partial charge in [0.05, 0.1) is 5.56 Å². The lowest BCUT2D eigenvalue weighted by Gasteiger charge is -2.32. The molecule has 1 fully saturated rings. The zero-order valence-electron chi connectivity index (χ0n) is 11.4. The summed E-state index contributed by atoms with van der Waals surface area (Å²) >= 11 is 0. The van der Waals surface area contributed by atoms with E-state index in [1.165, 1.54) is 12.1 Å². The summed E-state index contributed by atoms with van der Waals surface area (Å²) in [5.74, 6) is -1.31. The van der Waals surface area contributed by atoms with E-state index in [4.69, 9.17) is 5.73 Å².